The van der Waals surface area contributed by atoms with Gasteiger partial charge in [0, 0.05) is 24.9 Å². The van der Waals surface area contributed by atoms with Gasteiger partial charge in [-0.3, -0.25) is 9.59 Å². The zero-order chi connectivity index (χ0) is 23.4. The lowest BCUT2D eigenvalue weighted by atomic mass is 10.0. The zero-order valence-corrected chi connectivity index (χ0v) is 17.8. The maximum Gasteiger partial charge on any atom is 0.244 e. The molecule has 4 rings (SSSR count). The van der Waals surface area contributed by atoms with E-state index in [9.17, 15) is 14.0 Å². The molecule has 2 aromatic rings. The van der Waals surface area contributed by atoms with Crippen molar-refractivity contribution in [3.63, 3.8) is 0 Å². The number of amides is 1. The van der Waals surface area contributed by atoms with Crippen LogP contribution < -0.4 is 25.4 Å². The second-order valence-corrected chi connectivity index (χ2v) is 6.82. The van der Waals surface area contributed by atoms with E-state index >= 15 is 0 Å². The maximum atomic E-state index is 14.4. The molecular weight excluding hydrogens is 433 g/mol. The normalized spacial score (nSPS) is 16.0. The van der Waals surface area contributed by atoms with Crippen molar-refractivity contribution in [3.05, 3.63) is 65.5 Å². The minimum atomic E-state index is -0.693. The summed E-state index contributed by atoms with van der Waals surface area (Å²) in [5, 5.41) is 8.05. The summed E-state index contributed by atoms with van der Waals surface area (Å²) >= 11 is 0. The molecule has 170 valence electrons. The van der Waals surface area contributed by atoms with Crippen LogP contribution in [-0.4, -0.2) is 49.0 Å². The Morgan fingerprint density at radius 2 is 1.97 bits per heavy atom. The Morgan fingerprint density at radius 3 is 2.73 bits per heavy atom. The number of ether oxygens (including phenoxy) is 3. The molecule has 33 heavy (non-hydrogen) atoms. The average Bonchev–Trinajstić information content (AvgIpc) is 2.83. The molecule has 2 aliphatic rings. The summed E-state index contributed by atoms with van der Waals surface area (Å²) in [7, 11) is 2.84. The maximum absolute atomic E-state index is 14.4. The van der Waals surface area contributed by atoms with Crippen molar-refractivity contribution in [3.8, 4) is 11.5 Å². The van der Waals surface area contributed by atoms with Crippen LogP contribution in [0.5, 0.6) is 11.5 Å². The Labute approximate surface area is 188 Å². The highest BCUT2D eigenvalue weighted by Gasteiger charge is 2.25. The Balaban J connectivity index is 1.56. The van der Waals surface area contributed by atoms with Gasteiger partial charge in [0.05, 0.1) is 24.6 Å². The quantitative estimate of drug-likeness (QED) is 0.565. The van der Waals surface area contributed by atoms with Gasteiger partial charge in [-0.1, -0.05) is 0 Å². The van der Waals surface area contributed by atoms with Crippen LogP contribution in [0.4, 0.5) is 21.8 Å². The van der Waals surface area contributed by atoms with E-state index in [1.165, 1.54) is 26.3 Å². The number of anilines is 3. The number of ketones is 1. The number of aromatic nitrogens is 2. The summed E-state index contributed by atoms with van der Waals surface area (Å²) in [6.45, 7) is 0.885. The number of halogens is 1. The van der Waals surface area contributed by atoms with E-state index in [-0.39, 0.29) is 28.8 Å². The monoisotopic (exact) mass is 453 g/mol. The van der Waals surface area contributed by atoms with Crippen LogP contribution >= 0.6 is 0 Å². The summed E-state index contributed by atoms with van der Waals surface area (Å²) in [5.74, 6) is -0.431. The third kappa shape index (κ3) is 4.76. The second-order valence-electron chi connectivity index (χ2n) is 6.82. The first-order valence-corrected chi connectivity index (χ1v) is 9.89. The van der Waals surface area contributed by atoms with E-state index in [2.05, 4.69) is 25.9 Å². The molecule has 3 N–H and O–H groups in total. The number of fused-ring (bicyclic) bond motifs is 1. The summed E-state index contributed by atoms with van der Waals surface area (Å²) in [6, 6.07) is 5.08. The Hall–Kier alpha value is -4.41. The molecule has 1 aromatic heterocycles. The largest absolute Gasteiger partial charge is 0.496 e. The molecular formula is C22H20FN5O5. The van der Waals surface area contributed by atoms with E-state index in [4.69, 9.17) is 14.2 Å². The predicted octanol–water partition coefficient (Wildman–Crippen LogP) is 2.21. The van der Waals surface area contributed by atoms with Gasteiger partial charge in [-0.25, -0.2) is 9.37 Å². The molecule has 0 spiro atoms. The molecule has 1 amide bonds. The van der Waals surface area contributed by atoms with Gasteiger partial charge in [0.15, 0.2) is 23.1 Å². The van der Waals surface area contributed by atoms with Crippen LogP contribution in [-0.2, 0) is 14.3 Å². The van der Waals surface area contributed by atoms with Gasteiger partial charge in [-0.2, -0.15) is 4.98 Å². The molecule has 0 fully saturated rings. The van der Waals surface area contributed by atoms with Crippen LogP contribution in [0.3, 0.4) is 0 Å². The number of hydrogen-bond acceptors (Lipinski definition) is 9. The second kappa shape index (κ2) is 9.39. The molecule has 0 saturated carbocycles. The minimum absolute atomic E-state index is 0.0235. The SMILES string of the molecule is CNC(=O)C=C1C(=O)C(Nc2ncc(F)c(Nc3ccc4c(c3)OCCO4)n2)=CC=C1OC. The van der Waals surface area contributed by atoms with Crippen molar-refractivity contribution >= 4 is 29.1 Å². The molecule has 0 bridgehead atoms. The topological polar surface area (TPSA) is 124 Å². The van der Waals surface area contributed by atoms with E-state index in [1.54, 1.807) is 18.2 Å². The first kappa shape index (κ1) is 21.8. The fourth-order valence-electron chi connectivity index (χ4n) is 3.09. The number of carbonyl (C=O) groups is 2. The minimum Gasteiger partial charge on any atom is -0.496 e. The Bertz CT molecular complexity index is 1210. The van der Waals surface area contributed by atoms with Gasteiger partial charge in [-0.15, -0.1) is 0 Å². The molecule has 11 heteroatoms. The fraction of sp³-hybridized carbons (Fsp3) is 0.182. The smallest absolute Gasteiger partial charge is 0.244 e. The number of hydrogen-bond donors (Lipinski definition) is 3. The van der Waals surface area contributed by atoms with Crippen LogP contribution in [0, 0.1) is 5.82 Å². The first-order valence-electron chi connectivity index (χ1n) is 9.89. The van der Waals surface area contributed by atoms with Gasteiger partial charge >= 0.3 is 0 Å². The van der Waals surface area contributed by atoms with Crippen molar-refractivity contribution in [1.29, 1.82) is 0 Å². The fourth-order valence-corrected chi connectivity index (χ4v) is 3.09. The number of rotatable bonds is 6. The van der Waals surface area contributed by atoms with Crippen molar-refractivity contribution in [1.82, 2.24) is 15.3 Å². The zero-order valence-electron chi connectivity index (χ0n) is 17.8. The van der Waals surface area contributed by atoms with Crippen LogP contribution in [0.2, 0.25) is 0 Å². The Morgan fingerprint density at radius 1 is 1.18 bits per heavy atom. The van der Waals surface area contributed by atoms with Crippen molar-refractivity contribution < 1.29 is 28.2 Å². The van der Waals surface area contributed by atoms with Crippen LogP contribution in [0.15, 0.2) is 59.7 Å². The van der Waals surface area contributed by atoms with Gasteiger partial charge in [-0.05, 0) is 24.3 Å². The molecule has 0 saturated heterocycles. The third-order valence-corrected chi connectivity index (χ3v) is 4.69. The summed E-state index contributed by atoms with van der Waals surface area (Å²) < 4.78 is 30.5. The standard InChI is InChI=1S/C22H20FN5O5/c1-24-19(29)10-13-16(31-2)6-4-15(20(13)30)27-22-25-11-14(23)21(28-22)26-12-3-5-17-18(9-12)33-8-7-32-17/h3-6,9-11H,7-8H2,1-2H3,(H,24,29)(H2,25,26,27,28). The molecule has 1 aliphatic heterocycles. The number of likely N-dealkylation sites (N-methyl/N-ethyl adjacent to an activating group) is 1. The van der Waals surface area contributed by atoms with E-state index in [0.29, 0.717) is 30.4 Å². The highest BCUT2D eigenvalue weighted by atomic mass is 19.1. The lowest BCUT2D eigenvalue weighted by Gasteiger charge is -2.19. The lowest BCUT2D eigenvalue weighted by Crippen LogP contribution is -2.23. The highest BCUT2D eigenvalue weighted by Crippen LogP contribution is 2.33. The number of benzene rings is 1. The molecule has 1 aromatic carbocycles. The average molecular weight is 453 g/mol. The van der Waals surface area contributed by atoms with Gasteiger partial charge in [0.1, 0.15) is 19.0 Å². The number of nitrogens with one attached hydrogen (secondary N) is 3. The highest BCUT2D eigenvalue weighted by molar-refractivity contribution is 6.16. The summed E-state index contributed by atoms with van der Waals surface area (Å²) in [6.07, 6.45) is 5.09. The van der Waals surface area contributed by atoms with Gasteiger partial charge < -0.3 is 30.2 Å². The third-order valence-electron chi connectivity index (χ3n) is 4.69. The van der Waals surface area contributed by atoms with E-state index in [0.717, 1.165) is 12.3 Å². The number of methoxy groups -OCH3 is 1. The van der Waals surface area contributed by atoms with Crippen molar-refractivity contribution in [2.24, 2.45) is 0 Å². The van der Waals surface area contributed by atoms with Crippen molar-refractivity contribution in [2.75, 3.05) is 38.0 Å². The number of nitrogens with zero attached hydrogens (tertiary/aromatic N) is 2. The molecule has 0 radical (unpaired) electrons. The predicted molar refractivity (Wildman–Crippen MR) is 117 cm³/mol. The number of Topliss-reactive ketones (excluding diaryl/α,β-unsaturated/α-hetero) is 1. The number of carbonyl (C=O) groups excluding carboxylic acids is 2. The number of allylic oxidation sites excluding steroid dienone is 4. The van der Waals surface area contributed by atoms with Crippen molar-refractivity contribution in [2.45, 2.75) is 0 Å². The van der Waals surface area contributed by atoms with Gasteiger partial charge in [0.25, 0.3) is 0 Å². The molecule has 0 unspecified atom stereocenters. The molecule has 10 nitrogen and oxygen atoms in total. The van der Waals surface area contributed by atoms with Crippen LogP contribution in [0.1, 0.15) is 0 Å². The molecule has 2 heterocycles. The lowest BCUT2D eigenvalue weighted by molar-refractivity contribution is -0.117. The summed E-state index contributed by atoms with van der Waals surface area (Å²) in [5.41, 5.74) is 0.667. The van der Waals surface area contributed by atoms with Crippen LogP contribution in [0.25, 0.3) is 0 Å². The molecule has 0 atom stereocenters. The molecule has 1 aliphatic carbocycles. The first-order chi connectivity index (χ1) is 16.0. The Kier molecular flexibility index (Phi) is 6.20. The van der Waals surface area contributed by atoms with Gasteiger partial charge in [0.2, 0.25) is 17.6 Å². The van der Waals surface area contributed by atoms with E-state index < -0.39 is 17.5 Å². The summed E-state index contributed by atoms with van der Waals surface area (Å²) in [4.78, 5) is 32.6. The van der Waals surface area contributed by atoms with E-state index in [1.807, 2.05) is 0 Å².